The number of H-pyrrole nitrogens is 1. The van der Waals surface area contributed by atoms with Crippen molar-refractivity contribution in [1.29, 1.82) is 5.26 Å². The first kappa shape index (κ1) is 16.8. The largest absolute Gasteiger partial charge is 0.487 e. The molecule has 0 unspecified atom stereocenters. The fourth-order valence-corrected chi connectivity index (χ4v) is 2.84. The molecule has 2 aromatic carbocycles. The molecule has 3 rings (SSSR count). The lowest BCUT2D eigenvalue weighted by molar-refractivity contribution is 0.298. The number of nitrogens with zero attached hydrogens (tertiary/aromatic N) is 2. The van der Waals surface area contributed by atoms with E-state index in [0.717, 1.165) is 22.4 Å². The van der Waals surface area contributed by atoms with Crippen molar-refractivity contribution >= 4 is 0 Å². The second-order valence-corrected chi connectivity index (χ2v) is 6.33. The van der Waals surface area contributed by atoms with Crippen LogP contribution in [0.25, 0.3) is 11.3 Å². The number of aromatic amines is 1. The van der Waals surface area contributed by atoms with E-state index in [0.29, 0.717) is 17.0 Å². The van der Waals surface area contributed by atoms with Gasteiger partial charge in [0.25, 0.3) is 0 Å². The predicted molar refractivity (Wildman–Crippen MR) is 98.5 cm³/mol. The Balaban J connectivity index is 1.88. The number of aryl methyl sites for hydroxylation is 2. The average molecular weight is 331 g/mol. The highest BCUT2D eigenvalue weighted by Crippen LogP contribution is 2.27. The Bertz CT molecular complexity index is 964. The Kier molecular flexibility index (Phi) is 4.58. The molecule has 0 saturated heterocycles. The molecule has 0 bridgehead atoms. The standard InChI is InChI=1S/C21H21N3O/c1-13-6-5-7-17(10-13)21-18(11-22)19(23-24-21)12-25-20-9-8-14(2)15(3)16(20)4/h5-10H,12H2,1-4H3,(H,23,24). The molecule has 4 nitrogen and oxygen atoms in total. The summed E-state index contributed by atoms with van der Waals surface area (Å²) in [5, 5.41) is 16.9. The third kappa shape index (κ3) is 3.27. The van der Waals surface area contributed by atoms with Crippen LogP contribution in [0.1, 0.15) is 33.5 Å². The van der Waals surface area contributed by atoms with Crippen LogP contribution in [0.3, 0.4) is 0 Å². The van der Waals surface area contributed by atoms with Crippen molar-refractivity contribution in [2.45, 2.75) is 34.3 Å². The van der Waals surface area contributed by atoms with Crippen LogP contribution in [0.4, 0.5) is 0 Å². The minimum atomic E-state index is 0.283. The van der Waals surface area contributed by atoms with E-state index in [1.807, 2.05) is 50.2 Å². The van der Waals surface area contributed by atoms with Crippen LogP contribution in [0, 0.1) is 39.0 Å². The quantitative estimate of drug-likeness (QED) is 0.749. The lowest BCUT2D eigenvalue weighted by atomic mass is 10.0. The highest BCUT2D eigenvalue weighted by Gasteiger charge is 2.16. The zero-order valence-corrected chi connectivity index (χ0v) is 15.0. The van der Waals surface area contributed by atoms with E-state index >= 15 is 0 Å². The molecule has 1 N–H and O–H groups in total. The van der Waals surface area contributed by atoms with Crippen LogP contribution in [0.5, 0.6) is 5.75 Å². The number of nitriles is 1. The van der Waals surface area contributed by atoms with Gasteiger partial charge < -0.3 is 4.74 Å². The van der Waals surface area contributed by atoms with Crippen molar-refractivity contribution in [2.24, 2.45) is 0 Å². The summed E-state index contributed by atoms with van der Waals surface area (Å²) in [5.41, 5.74) is 7.55. The van der Waals surface area contributed by atoms with E-state index in [1.165, 1.54) is 11.1 Å². The van der Waals surface area contributed by atoms with E-state index in [9.17, 15) is 5.26 Å². The van der Waals surface area contributed by atoms with E-state index < -0.39 is 0 Å². The lowest BCUT2D eigenvalue weighted by Crippen LogP contribution is -2.01. The number of benzene rings is 2. The van der Waals surface area contributed by atoms with E-state index in [-0.39, 0.29) is 6.61 Å². The van der Waals surface area contributed by atoms with Crippen LogP contribution in [-0.2, 0) is 6.61 Å². The van der Waals surface area contributed by atoms with Crippen LogP contribution in [-0.4, -0.2) is 10.2 Å². The zero-order chi connectivity index (χ0) is 18.0. The van der Waals surface area contributed by atoms with E-state index in [1.54, 1.807) is 0 Å². The maximum absolute atomic E-state index is 9.59. The van der Waals surface area contributed by atoms with Crippen molar-refractivity contribution in [3.63, 3.8) is 0 Å². The first-order valence-corrected chi connectivity index (χ1v) is 8.25. The molecule has 0 fully saturated rings. The summed E-state index contributed by atoms with van der Waals surface area (Å²) in [4.78, 5) is 0. The number of hydrogen-bond donors (Lipinski definition) is 1. The molecule has 0 spiro atoms. The first-order valence-electron chi connectivity index (χ1n) is 8.25. The summed E-state index contributed by atoms with van der Waals surface area (Å²) in [7, 11) is 0. The molecular weight excluding hydrogens is 310 g/mol. The minimum Gasteiger partial charge on any atom is -0.487 e. The van der Waals surface area contributed by atoms with Crippen molar-refractivity contribution in [2.75, 3.05) is 0 Å². The fraction of sp³-hybridized carbons (Fsp3) is 0.238. The summed E-state index contributed by atoms with van der Waals surface area (Å²) >= 11 is 0. The van der Waals surface area contributed by atoms with Crippen molar-refractivity contribution in [1.82, 2.24) is 10.2 Å². The molecule has 1 aromatic heterocycles. The Morgan fingerprint density at radius 2 is 1.88 bits per heavy atom. The minimum absolute atomic E-state index is 0.283. The topological polar surface area (TPSA) is 61.7 Å². The third-order valence-corrected chi connectivity index (χ3v) is 4.62. The molecule has 0 aliphatic heterocycles. The Hall–Kier alpha value is -3.06. The molecule has 0 aliphatic carbocycles. The molecule has 1 heterocycles. The van der Waals surface area contributed by atoms with Gasteiger partial charge in [-0.2, -0.15) is 10.4 Å². The van der Waals surface area contributed by atoms with E-state index in [4.69, 9.17) is 4.74 Å². The van der Waals surface area contributed by atoms with Crippen molar-refractivity contribution < 1.29 is 4.74 Å². The molecular formula is C21H21N3O. The second kappa shape index (κ2) is 6.82. The molecule has 25 heavy (non-hydrogen) atoms. The summed E-state index contributed by atoms with van der Waals surface area (Å²) < 4.78 is 5.95. The Morgan fingerprint density at radius 3 is 2.60 bits per heavy atom. The molecule has 0 aliphatic rings. The van der Waals surface area contributed by atoms with Gasteiger partial charge in [-0.1, -0.05) is 29.8 Å². The SMILES string of the molecule is Cc1cccc(-c2n[nH]c(COc3ccc(C)c(C)c3C)c2C#N)c1. The predicted octanol–water partition coefficient (Wildman–Crippen LogP) is 4.76. The molecule has 0 radical (unpaired) electrons. The van der Waals surface area contributed by atoms with Gasteiger partial charge in [-0.05, 0) is 56.5 Å². The van der Waals surface area contributed by atoms with Gasteiger partial charge in [0.1, 0.15) is 29.7 Å². The normalized spacial score (nSPS) is 10.5. The fourth-order valence-electron chi connectivity index (χ4n) is 2.84. The second-order valence-electron chi connectivity index (χ2n) is 6.33. The molecule has 4 heteroatoms. The van der Waals surface area contributed by atoms with Gasteiger partial charge in [0, 0.05) is 5.56 Å². The monoisotopic (exact) mass is 331 g/mol. The summed E-state index contributed by atoms with van der Waals surface area (Å²) in [6, 6.07) is 14.3. The third-order valence-electron chi connectivity index (χ3n) is 4.62. The maximum atomic E-state index is 9.59. The number of aromatic nitrogens is 2. The summed E-state index contributed by atoms with van der Waals surface area (Å²) in [6.07, 6.45) is 0. The van der Waals surface area contributed by atoms with Gasteiger partial charge in [0.05, 0.1) is 5.69 Å². The van der Waals surface area contributed by atoms with Crippen LogP contribution >= 0.6 is 0 Å². The smallest absolute Gasteiger partial charge is 0.131 e. The molecule has 0 atom stereocenters. The molecule has 0 amide bonds. The lowest BCUT2D eigenvalue weighted by Gasteiger charge is -2.12. The Morgan fingerprint density at radius 1 is 1.08 bits per heavy atom. The zero-order valence-electron chi connectivity index (χ0n) is 15.0. The van der Waals surface area contributed by atoms with Gasteiger partial charge in [-0.15, -0.1) is 0 Å². The van der Waals surface area contributed by atoms with Gasteiger partial charge in [-0.25, -0.2) is 0 Å². The van der Waals surface area contributed by atoms with Crippen LogP contribution < -0.4 is 4.74 Å². The average Bonchev–Trinajstić information content (AvgIpc) is 3.02. The molecule has 0 saturated carbocycles. The van der Waals surface area contributed by atoms with Crippen molar-refractivity contribution in [3.05, 3.63) is 69.9 Å². The molecule has 126 valence electrons. The molecule has 3 aromatic rings. The van der Waals surface area contributed by atoms with Crippen LogP contribution in [0.15, 0.2) is 36.4 Å². The van der Waals surface area contributed by atoms with Crippen molar-refractivity contribution in [3.8, 4) is 23.1 Å². The van der Waals surface area contributed by atoms with Gasteiger partial charge in [-0.3, -0.25) is 5.10 Å². The maximum Gasteiger partial charge on any atom is 0.131 e. The first-order chi connectivity index (χ1) is 12.0. The summed E-state index contributed by atoms with van der Waals surface area (Å²) in [5.74, 6) is 0.832. The number of nitrogens with one attached hydrogen (secondary N) is 1. The highest BCUT2D eigenvalue weighted by atomic mass is 16.5. The highest BCUT2D eigenvalue weighted by molar-refractivity contribution is 5.68. The van der Waals surface area contributed by atoms with Crippen LogP contribution in [0.2, 0.25) is 0 Å². The van der Waals surface area contributed by atoms with Gasteiger partial charge in [0.2, 0.25) is 0 Å². The Labute approximate surface area is 148 Å². The van der Waals surface area contributed by atoms with E-state index in [2.05, 4.69) is 30.1 Å². The summed E-state index contributed by atoms with van der Waals surface area (Å²) in [6.45, 7) is 8.53. The number of ether oxygens (including phenoxy) is 1. The van der Waals surface area contributed by atoms with Gasteiger partial charge in [0.15, 0.2) is 0 Å². The number of rotatable bonds is 4. The van der Waals surface area contributed by atoms with Gasteiger partial charge >= 0.3 is 0 Å². The number of hydrogen-bond acceptors (Lipinski definition) is 3.